The summed E-state index contributed by atoms with van der Waals surface area (Å²) in [7, 11) is 0. The number of amides is 1. The maximum Gasteiger partial charge on any atom is 0.253 e. The fourth-order valence-corrected chi connectivity index (χ4v) is 2.65. The lowest BCUT2D eigenvalue weighted by Crippen LogP contribution is -2.27. The maximum absolute atomic E-state index is 12.5. The average molecular weight is 305 g/mol. The number of unbranched alkanes of at least 4 members (excludes halogenated alkanes) is 1. The van der Waals surface area contributed by atoms with Crippen molar-refractivity contribution in [3.05, 3.63) is 29.3 Å². The summed E-state index contributed by atoms with van der Waals surface area (Å²) in [6, 6.07) is 5.68. The van der Waals surface area contributed by atoms with Gasteiger partial charge in [0.15, 0.2) is 0 Å². The van der Waals surface area contributed by atoms with Crippen molar-refractivity contribution in [3.8, 4) is 5.75 Å². The van der Waals surface area contributed by atoms with Crippen LogP contribution in [0.1, 0.15) is 55.5 Å². The van der Waals surface area contributed by atoms with Gasteiger partial charge in [-0.15, -0.1) is 0 Å². The lowest BCUT2D eigenvalue weighted by molar-refractivity contribution is 0.0792. The zero-order valence-electron chi connectivity index (χ0n) is 13.8. The fourth-order valence-electron chi connectivity index (χ4n) is 2.65. The molecule has 0 aliphatic carbocycles. The van der Waals surface area contributed by atoms with Crippen molar-refractivity contribution in [2.45, 2.75) is 46.1 Å². The maximum atomic E-state index is 12.5. The van der Waals surface area contributed by atoms with Gasteiger partial charge in [-0.25, -0.2) is 0 Å². The van der Waals surface area contributed by atoms with E-state index >= 15 is 0 Å². The number of ether oxygens (including phenoxy) is 2. The van der Waals surface area contributed by atoms with Crippen LogP contribution in [0, 0.1) is 0 Å². The van der Waals surface area contributed by atoms with Gasteiger partial charge in [0.25, 0.3) is 5.91 Å². The van der Waals surface area contributed by atoms with Crippen LogP contribution in [0.2, 0.25) is 0 Å². The summed E-state index contributed by atoms with van der Waals surface area (Å²) in [4.78, 5) is 14.4. The molecule has 22 heavy (non-hydrogen) atoms. The number of carbonyl (C=O) groups excluding carboxylic acids is 1. The van der Waals surface area contributed by atoms with Crippen molar-refractivity contribution in [3.63, 3.8) is 0 Å². The van der Waals surface area contributed by atoms with E-state index in [0.717, 1.165) is 62.3 Å². The number of carbonyl (C=O) groups is 1. The molecule has 1 saturated heterocycles. The Morgan fingerprint density at radius 3 is 2.68 bits per heavy atom. The lowest BCUT2D eigenvalue weighted by Gasteiger charge is -2.17. The van der Waals surface area contributed by atoms with Crippen LogP contribution in [-0.2, 0) is 11.3 Å². The van der Waals surface area contributed by atoms with E-state index in [1.165, 1.54) is 0 Å². The van der Waals surface area contributed by atoms with Crippen LogP contribution in [0.5, 0.6) is 5.75 Å². The number of likely N-dealkylation sites (tertiary alicyclic amines) is 1. The summed E-state index contributed by atoms with van der Waals surface area (Å²) in [5, 5.41) is 0. The second kappa shape index (κ2) is 8.79. The molecule has 0 bridgehead atoms. The molecule has 1 aliphatic rings. The highest BCUT2D eigenvalue weighted by Gasteiger charge is 2.20. The highest BCUT2D eigenvalue weighted by Crippen LogP contribution is 2.23. The predicted molar refractivity (Wildman–Crippen MR) is 87.3 cm³/mol. The van der Waals surface area contributed by atoms with E-state index in [2.05, 4.69) is 6.92 Å². The Hall–Kier alpha value is -1.55. The van der Waals surface area contributed by atoms with E-state index in [1.807, 2.05) is 30.0 Å². The molecular formula is C18H27NO3. The number of hydrogen-bond acceptors (Lipinski definition) is 3. The number of rotatable bonds is 8. The first-order valence-corrected chi connectivity index (χ1v) is 8.39. The molecule has 1 aliphatic heterocycles. The number of nitrogens with zero attached hydrogens (tertiary/aromatic N) is 1. The molecule has 1 aromatic rings. The van der Waals surface area contributed by atoms with E-state index in [-0.39, 0.29) is 5.91 Å². The molecule has 1 fully saturated rings. The van der Waals surface area contributed by atoms with Crippen LogP contribution in [0.3, 0.4) is 0 Å². The summed E-state index contributed by atoms with van der Waals surface area (Å²) >= 11 is 0. The van der Waals surface area contributed by atoms with Crippen LogP contribution in [0.25, 0.3) is 0 Å². The van der Waals surface area contributed by atoms with Crippen LogP contribution < -0.4 is 4.74 Å². The summed E-state index contributed by atoms with van der Waals surface area (Å²) in [6.07, 6.45) is 4.38. The quantitative estimate of drug-likeness (QED) is 0.688. The molecule has 4 nitrogen and oxygen atoms in total. The standard InChI is InChI=1S/C18H27NO3/c1-3-5-12-21-14-16-13-15(8-9-17(16)22-4-2)18(20)19-10-6-7-11-19/h8-9,13H,3-7,10-12,14H2,1-2H3. The van der Waals surface area contributed by atoms with Gasteiger partial charge in [0.2, 0.25) is 0 Å². The third kappa shape index (κ3) is 4.47. The first kappa shape index (κ1) is 16.8. The van der Waals surface area contributed by atoms with Crippen molar-refractivity contribution in [1.29, 1.82) is 0 Å². The van der Waals surface area contributed by atoms with E-state index in [4.69, 9.17) is 9.47 Å². The van der Waals surface area contributed by atoms with E-state index in [9.17, 15) is 4.79 Å². The number of benzene rings is 1. The Morgan fingerprint density at radius 2 is 2.00 bits per heavy atom. The molecule has 0 saturated carbocycles. The molecule has 0 radical (unpaired) electrons. The first-order chi connectivity index (χ1) is 10.8. The van der Waals surface area contributed by atoms with Gasteiger partial charge in [-0.1, -0.05) is 13.3 Å². The highest BCUT2D eigenvalue weighted by atomic mass is 16.5. The molecule has 0 unspecified atom stereocenters. The summed E-state index contributed by atoms with van der Waals surface area (Å²) < 4.78 is 11.4. The third-order valence-corrected chi connectivity index (χ3v) is 3.90. The van der Waals surface area contributed by atoms with E-state index in [0.29, 0.717) is 13.2 Å². The summed E-state index contributed by atoms with van der Waals surface area (Å²) in [5.74, 6) is 0.937. The van der Waals surface area contributed by atoms with Crippen LogP contribution in [0.15, 0.2) is 18.2 Å². The third-order valence-electron chi connectivity index (χ3n) is 3.90. The van der Waals surface area contributed by atoms with Crippen LogP contribution in [0.4, 0.5) is 0 Å². The minimum atomic E-state index is 0.121. The molecule has 1 heterocycles. The van der Waals surface area contributed by atoms with Crippen LogP contribution in [-0.4, -0.2) is 37.1 Å². The molecule has 1 amide bonds. The summed E-state index contributed by atoms with van der Waals surface area (Å²) in [5.41, 5.74) is 1.70. The van der Waals surface area contributed by atoms with Crippen molar-refractivity contribution in [2.24, 2.45) is 0 Å². The Bertz CT molecular complexity index is 481. The average Bonchev–Trinajstić information content (AvgIpc) is 3.07. The van der Waals surface area contributed by atoms with Gasteiger partial charge in [0.05, 0.1) is 13.2 Å². The fraction of sp³-hybridized carbons (Fsp3) is 0.611. The van der Waals surface area contributed by atoms with E-state index < -0.39 is 0 Å². The Morgan fingerprint density at radius 1 is 1.23 bits per heavy atom. The van der Waals surface area contributed by atoms with Crippen molar-refractivity contribution in [2.75, 3.05) is 26.3 Å². The normalized spacial score (nSPS) is 14.4. The van der Waals surface area contributed by atoms with Gasteiger partial charge in [0, 0.05) is 30.8 Å². The van der Waals surface area contributed by atoms with Gasteiger partial charge in [-0.05, 0) is 44.4 Å². The van der Waals surface area contributed by atoms with E-state index in [1.54, 1.807) is 0 Å². The van der Waals surface area contributed by atoms with Gasteiger partial charge in [-0.3, -0.25) is 4.79 Å². The summed E-state index contributed by atoms with van der Waals surface area (Å²) in [6.45, 7) is 7.70. The molecular weight excluding hydrogens is 278 g/mol. The van der Waals surface area contributed by atoms with Crippen molar-refractivity contribution in [1.82, 2.24) is 4.90 Å². The first-order valence-electron chi connectivity index (χ1n) is 8.39. The largest absolute Gasteiger partial charge is 0.494 e. The molecule has 0 spiro atoms. The molecule has 2 rings (SSSR count). The minimum absolute atomic E-state index is 0.121. The lowest BCUT2D eigenvalue weighted by atomic mass is 10.1. The SMILES string of the molecule is CCCCOCc1cc(C(=O)N2CCCC2)ccc1OCC. The molecule has 4 heteroatoms. The molecule has 122 valence electrons. The van der Waals surface area contributed by atoms with Crippen molar-refractivity contribution < 1.29 is 14.3 Å². The second-order valence-electron chi connectivity index (χ2n) is 5.66. The monoisotopic (exact) mass is 305 g/mol. The van der Waals surface area contributed by atoms with Crippen molar-refractivity contribution >= 4 is 5.91 Å². The zero-order valence-corrected chi connectivity index (χ0v) is 13.8. The molecule has 1 aromatic carbocycles. The highest BCUT2D eigenvalue weighted by molar-refractivity contribution is 5.94. The van der Waals surface area contributed by atoms with Gasteiger partial charge in [-0.2, -0.15) is 0 Å². The predicted octanol–water partition coefficient (Wildman–Crippen LogP) is 3.64. The Labute approximate surface area is 133 Å². The van der Waals surface area contributed by atoms with Gasteiger partial charge in [0.1, 0.15) is 5.75 Å². The molecule has 0 aromatic heterocycles. The van der Waals surface area contributed by atoms with Gasteiger partial charge >= 0.3 is 0 Å². The topological polar surface area (TPSA) is 38.8 Å². The smallest absolute Gasteiger partial charge is 0.253 e. The second-order valence-corrected chi connectivity index (χ2v) is 5.66. The van der Waals surface area contributed by atoms with Crippen LogP contribution >= 0.6 is 0 Å². The molecule has 0 N–H and O–H groups in total. The van der Waals surface area contributed by atoms with Gasteiger partial charge < -0.3 is 14.4 Å². The Kier molecular flexibility index (Phi) is 6.72. The number of hydrogen-bond donors (Lipinski definition) is 0. The Balaban J connectivity index is 2.09. The zero-order chi connectivity index (χ0) is 15.8. The minimum Gasteiger partial charge on any atom is -0.494 e. The molecule has 0 atom stereocenters.